The summed E-state index contributed by atoms with van der Waals surface area (Å²) < 4.78 is 6.89. The van der Waals surface area contributed by atoms with Crippen LogP contribution in [0.3, 0.4) is 0 Å². The van der Waals surface area contributed by atoms with Gasteiger partial charge in [0.15, 0.2) is 0 Å². The molecule has 0 bridgehead atoms. The van der Waals surface area contributed by atoms with E-state index in [0.29, 0.717) is 17.1 Å². The fourth-order valence-electron chi connectivity index (χ4n) is 2.19. The predicted octanol–water partition coefficient (Wildman–Crippen LogP) is 3.13. The van der Waals surface area contributed by atoms with Gasteiger partial charge >= 0.3 is 0 Å². The number of carbonyl (C=O) groups is 1. The number of hydrogen-bond acceptors (Lipinski definition) is 3. The number of methoxy groups -OCH3 is 1. The molecule has 1 heterocycles. The topological polar surface area (TPSA) is 56.1 Å². The van der Waals surface area contributed by atoms with Crippen molar-refractivity contribution < 1.29 is 9.53 Å². The minimum Gasteiger partial charge on any atom is -0.496 e. The number of amides is 1. The van der Waals surface area contributed by atoms with E-state index < -0.39 is 0 Å². The Labute approximate surface area is 128 Å². The Kier molecular flexibility index (Phi) is 3.87. The Morgan fingerprint density at radius 2 is 1.77 bits per heavy atom. The van der Waals surface area contributed by atoms with E-state index in [4.69, 9.17) is 4.74 Å². The third-order valence-electron chi connectivity index (χ3n) is 3.24. The lowest BCUT2D eigenvalue weighted by atomic mass is 10.2. The van der Waals surface area contributed by atoms with Crippen molar-refractivity contribution in [3.63, 3.8) is 0 Å². The fourth-order valence-corrected chi connectivity index (χ4v) is 2.19. The van der Waals surface area contributed by atoms with Crippen molar-refractivity contribution in [2.75, 3.05) is 12.4 Å². The minimum absolute atomic E-state index is 0.241. The van der Waals surface area contributed by atoms with Crippen LogP contribution in [0.15, 0.2) is 66.9 Å². The third kappa shape index (κ3) is 2.69. The van der Waals surface area contributed by atoms with Crippen LogP contribution in [0.5, 0.6) is 5.75 Å². The molecule has 0 unspecified atom stereocenters. The Bertz CT molecular complexity index is 781. The summed E-state index contributed by atoms with van der Waals surface area (Å²) in [6.07, 6.45) is 1.64. The first-order chi connectivity index (χ1) is 10.8. The highest BCUT2D eigenvalue weighted by molar-refractivity contribution is 6.05. The molecule has 110 valence electrons. The lowest BCUT2D eigenvalue weighted by Gasteiger charge is -2.11. The molecule has 22 heavy (non-hydrogen) atoms. The Morgan fingerprint density at radius 3 is 2.55 bits per heavy atom. The summed E-state index contributed by atoms with van der Waals surface area (Å²) in [6, 6.07) is 18.5. The number of nitrogens with one attached hydrogen (secondary N) is 1. The summed E-state index contributed by atoms with van der Waals surface area (Å²) in [6.45, 7) is 0. The van der Waals surface area contributed by atoms with Crippen LogP contribution in [-0.4, -0.2) is 22.8 Å². The number of carbonyl (C=O) groups excluding carboxylic acids is 1. The third-order valence-corrected chi connectivity index (χ3v) is 3.24. The second-order valence-corrected chi connectivity index (χ2v) is 4.62. The molecule has 0 radical (unpaired) electrons. The molecule has 0 spiro atoms. The standard InChI is InChI=1S/C17H15N3O2/c1-22-15-10-6-5-9-14(15)17(21)19-16-11-12-18-20(16)13-7-3-2-4-8-13/h2-12H,1H3,(H,19,21). The van der Waals surface area contributed by atoms with Crippen molar-refractivity contribution in [2.45, 2.75) is 0 Å². The number of hydrogen-bond donors (Lipinski definition) is 1. The molecule has 1 aromatic heterocycles. The largest absolute Gasteiger partial charge is 0.496 e. The summed E-state index contributed by atoms with van der Waals surface area (Å²) in [4.78, 5) is 12.4. The van der Waals surface area contributed by atoms with E-state index in [-0.39, 0.29) is 5.91 Å². The summed E-state index contributed by atoms with van der Waals surface area (Å²) >= 11 is 0. The molecule has 0 aliphatic carbocycles. The van der Waals surface area contributed by atoms with Gasteiger partial charge in [0.1, 0.15) is 11.6 Å². The van der Waals surface area contributed by atoms with Crippen molar-refractivity contribution in [3.8, 4) is 11.4 Å². The van der Waals surface area contributed by atoms with Gasteiger partial charge in [-0.25, -0.2) is 4.68 Å². The van der Waals surface area contributed by atoms with Gasteiger partial charge in [0.25, 0.3) is 5.91 Å². The lowest BCUT2D eigenvalue weighted by molar-refractivity contribution is 0.102. The van der Waals surface area contributed by atoms with E-state index in [9.17, 15) is 4.79 Å². The number of rotatable bonds is 4. The molecular formula is C17H15N3O2. The van der Waals surface area contributed by atoms with Gasteiger partial charge in [-0.3, -0.25) is 4.79 Å². The first-order valence-electron chi connectivity index (χ1n) is 6.83. The van der Waals surface area contributed by atoms with Crippen LogP contribution in [0.25, 0.3) is 5.69 Å². The maximum absolute atomic E-state index is 12.4. The molecule has 1 amide bonds. The van der Waals surface area contributed by atoms with E-state index >= 15 is 0 Å². The summed E-state index contributed by atoms with van der Waals surface area (Å²) in [5, 5.41) is 7.11. The smallest absolute Gasteiger partial charge is 0.260 e. The van der Waals surface area contributed by atoms with Crippen LogP contribution >= 0.6 is 0 Å². The van der Waals surface area contributed by atoms with Gasteiger partial charge < -0.3 is 10.1 Å². The number of aromatic nitrogens is 2. The van der Waals surface area contributed by atoms with Crippen molar-refractivity contribution in [2.24, 2.45) is 0 Å². The zero-order valence-corrected chi connectivity index (χ0v) is 12.1. The normalized spacial score (nSPS) is 10.2. The molecule has 1 N–H and O–H groups in total. The van der Waals surface area contributed by atoms with Crippen molar-refractivity contribution in [3.05, 3.63) is 72.4 Å². The molecule has 0 saturated heterocycles. The highest BCUT2D eigenvalue weighted by Gasteiger charge is 2.14. The van der Waals surface area contributed by atoms with Crippen LogP contribution in [0.2, 0.25) is 0 Å². The quantitative estimate of drug-likeness (QED) is 0.804. The maximum atomic E-state index is 12.4. The Hall–Kier alpha value is -3.08. The van der Waals surface area contributed by atoms with E-state index in [2.05, 4.69) is 10.4 Å². The number of para-hydroxylation sites is 2. The number of benzene rings is 2. The second-order valence-electron chi connectivity index (χ2n) is 4.62. The van der Waals surface area contributed by atoms with Gasteiger partial charge in [-0.1, -0.05) is 30.3 Å². The highest BCUT2D eigenvalue weighted by atomic mass is 16.5. The van der Waals surface area contributed by atoms with Gasteiger partial charge in [0, 0.05) is 6.07 Å². The molecule has 0 saturated carbocycles. The van der Waals surface area contributed by atoms with Crippen LogP contribution in [0.1, 0.15) is 10.4 Å². The van der Waals surface area contributed by atoms with Gasteiger partial charge in [-0.2, -0.15) is 5.10 Å². The predicted molar refractivity (Wildman–Crippen MR) is 84.5 cm³/mol. The molecular weight excluding hydrogens is 278 g/mol. The zero-order valence-electron chi connectivity index (χ0n) is 12.1. The van der Waals surface area contributed by atoms with E-state index in [0.717, 1.165) is 5.69 Å². The van der Waals surface area contributed by atoms with E-state index in [1.165, 1.54) is 0 Å². The lowest BCUT2D eigenvalue weighted by Crippen LogP contribution is -2.16. The average molecular weight is 293 g/mol. The SMILES string of the molecule is COc1ccccc1C(=O)Nc1ccnn1-c1ccccc1. The zero-order chi connectivity index (χ0) is 15.4. The first-order valence-corrected chi connectivity index (χ1v) is 6.83. The van der Waals surface area contributed by atoms with Crippen LogP contribution in [0, 0.1) is 0 Å². The van der Waals surface area contributed by atoms with Gasteiger partial charge in [-0.05, 0) is 24.3 Å². The van der Waals surface area contributed by atoms with Crippen LogP contribution < -0.4 is 10.1 Å². The number of nitrogens with zero attached hydrogens (tertiary/aromatic N) is 2. The fraction of sp³-hybridized carbons (Fsp3) is 0.0588. The van der Waals surface area contributed by atoms with Gasteiger partial charge in [0.05, 0.1) is 24.6 Å². The second kappa shape index (κ2) is 6.13. The molecule has 0 atom stereocenters. The van der Waals surface area contributed by atoms with E-state index in [1.807, 2.05) is 36.4 Å². The summed E-state index contributed by atoms with van der Waals surface area (Å²) in [5.41, 5.74) is 1.36. The molecule has 5 heteroatoms. The molecule has 0 aliphatic rings. The van der Waals surface area contributed by atoms with Gasteiger partial charge in [0.2, 0.25) is 0 Å². The van der Waals surface area contributed by atoms with Gasteiger partial charge in [-0.15, -0.1) is 0 Å². The molecule has 0 aliphatic heterocycles. The molecule has 0 fully saturated rings. The summed E-state index contributed by atoms with van der Waals surface area (Å²) in [7, 11) is 1.54. The molecule has 2 aromatic carbocycles. The average Bonchev–Trinajstić information content (AvgIpc) is 3.03. The monoisotopic (exact) mass is 293 g/mol. The number of anilines is 1. The van der Waals surface area contributed by atoms with Crippen molar-refractivity contribution >= 4 is 11.7 Å². The van der Waals surface area contributed by atoms with E-state index in [1.54, 1.807) is 42.3 Å². The van der Waals surface area contributed by atoms with Crippen LogP contribution in [0.4, 0.5) is 5.82 Å². The maximum Gasteiger partial charge on any atom is 0.260 e. The molecule has 3 rings (SSSR count). The summed E-state index contributed by atoms with van der Waals surface area (Å²) in [5.74, 6) is 0.892. The molecule has 3 aromatic rings. The van der Waals surface area contributed by atoms with Crippen molar-refractivity contribution in [1.82, 2.24) is 9.78 Å². The first kappa shape index (κ1) is 13.9. The Morgan fingerprint density at radius 1 is 1.05 bits per heavy atom. The number of ether oxygens (including phenoxy) is 1. The minimum atomic E-state index is -0.241. The van der Waals surface area contributed by atoms with Crippen molar-refractivity contribution in [1.29, 1.82) is 0 Å². The Balaban J connectivity index is 1.88. The molecule has 5 nitrogen and oxygen atoms in total. The van der Waals surface area contributed by atoms with Crippen LogP contribution in [-0.2, 0) is 0 Å². The highest BCUT2D eigenvalue weighted by Crippen LogP contribution is 2.20.